The number of benzene rings is 2. The number of fused-ring (bicyclic) bond motifs is 1. The van der Waals surface area contributed by atoms with E-state index in [0.29, 0.717) is 37.7 Å². The Morgan fingerprint density at radius 3 is 2.62 bits per heavy atom. The molecule has 1 aliphatic rings. The highest BCUT2D eigenvalue weighted by Gasteiger charge is 2.33. The third kappa shape index (κ3) is 5.42. The van der Waals surface area contributed by atoms with Crippen LogP contribution in [0.2, 0.25) is 0 Å². The molecule has 0 spiro atoms. The molecule has 192 valence electrons. The Morgan fingerprint density at radius 1 is 1.24 bits per heavy atom. The first-order chi connectivity index (χ1) is 17.8. The minimum absolute atomic E-state index is 0.225. The van der Waals surface area contributed by atoms with E-state index in [1.54, 1.807) is 37.7 Å². The number of aromatic nitrogens is 1. The quantitative estimate of drug-likeness (QED) is 0.211. The summed E-state index contributed by atoms with van der Waals surface area (Å²) in [6, 6.07) is 10.9. The molecule has 0 radical (unpaired) electrons. The van der Waals surface area contributed by atoms with Gasteiger partial charge in [0.05, 0.1) is 35.6 Å². The van der Waals surface area contributed by atoms with Crippen LogP contribution in [-0.4, -0.2) is 30.9 Å². The number of allylic oxidation sites excluding steroid dienone is 1. The maximum absolute atomic E-state index is 13.9. The predicted molar refractivity (Wildman–Crippen MR) is 153 cm³/mol. The summed E-state index contributed by atoms with van der Waals surface area (Å²) < 4.78 is 19.8. The first kappa shape index (κ1) is 26.9. The maximum atomic E-state index is 13.9. The minimum Gasteiger partial charge on any atom is -0.493 e. The fourth-order valence-corrected chi connectivity index (χ4v) is 5.80. The average molecular weight is 631 g/mol. The number of ether oxygens (including phenoxy) is 3. The Bertz CT molecular complexity index is 1570. The summed E-state index contributed by atoms with van der Waals surface area (Å²) >= 11 is 3.46. The number of carbonyl (C=O) groups is 1. The molecule has 0 unspecified atom stereocenters. The molecule has 7 nitrogen and oxygen atoms in total. The lowest BCUT2D eigenvalue weighted by Gasteiger charge is -2.24. The maximum Gasteiger partial charge on any atom is 0.338 e. The molecule has 0 fully saturated rings. The molecule has 1 aromatic heterocycles. The summed E-state index contributed by atoms with van der Waals surface area (Å²) in [5.74, 6) is 0.601. The summed E-state index contributed by atoms with van der Waals surface area (Å²) in [6.07, 6.45) is 3.43. The number of carbonyl (C=O) groups excluding carboxylic acids is 1. The SMILES string of the molecule is C=CCOc1c(/C=c2\sc3n(c2=O)[C@H](c2ccc(C)cc2)C(C(=O)OCC)=C(C)N=3)cc(I)cc1OC. The lowest BCUT2D eigenvalue weighted by molar-refractivity contribution is -0.139. The van der Waals surface area contributed by atoms with Crippen LogP contribution in [0.25, 0.3) is 6.08 Å². The number of aryl methyl sites for hydroxylation is 1. The summed E-state index contributed by atoms with van der Waals surface area (Å²) in [4.78, 5) is 32.1. The second-order valence-corrected chi connectivity index (χ2v) is 10.6. The lowest BCUT2D eigenvalue weighted by atomic mass is 9.95. The van der Waals surface area contributed by atoms with Crippen molar-refractivity contribution < 1.29 is 19.0 Å². The van der Waals surface area contributed by atoms with Gasteiger partial charge in [-0.2, -0.15) is 0 Å². The summed E-state index contributed by atoms with van der Waals surface area (Å²) in [7, 11) is 1.57. The zero-order valence-corrected chi connectivity index (χ0v) is 24.0. The van der Waals surface area contributed by atoms with E-state index in [2.05, 4.69) is 34.2 Å². The second-order valence-electron chi connectivity index (χ2n) is 8.34. The highest BCUT2D eigenvalue weighted by atomic mass is 127. The first-order valence-electron chi connectivity index (χ1n) is 11.7. The summed E-state index contributed by atoms with van der Waals surface area (Å²) in [5, 5.41) is 0. The van der Waals surface area contributed by atoms with Crippen molar-refractivity contribution in [2.75, 3.05) is 20.3 Å². The van der Waals surface area contributed by atoms with Crippen LogP contribution < -0.4 is 24.4 Å². The topological polar surface area (TPSA) is 79.1 Å². The van der Waals surface area contributed by atoms with Crippen LogP contribution in [0.15, 0.2) is 70.1 Å². The molecular weight excluding hydrogens is 603 g/mol. The predicted octanol–water partition coefficient (Wildman–Crippen LogP) is 4.28. The van der Waals surface area contributed by atoms with Gasteiger partial charge in [0.15, 0.2) is 16.3 Å². The molecule has 2 heterocycles. The van der Waals surface area contributed by atoms with Gasteiger partial charge < -0.3 is 14.2 Å². The Labute approximate surface area is 232 Å². The van der Waals surface area contributed by atoms with Crippen molar-refractivity contribution in [2.24, 2.45) is 4.99 Å². The minimum atomic E-state index is -0.653. The van der Waals surface area contributed by atoms with Gasteiger partial charge in [-0.05, 0) is 67.1 Å². The fourth-order valence-electron chi connectivity index (χ4n) is 4.14. The van der Waals surface area contributed by atoms with Crippen LogP contribution in [0.1, 0.15) is 36.6 Å². The van der Waals surface area contributed by atoms with Crippen LogP contribution in [0.5, 0.6) is 11.5 Å². The van der Waals surface area contributed by atoms with Crippen LogP contribution >= 0.6 is 33.9 Å². The van der Waals surface area contributed by atoms with E-state index in [9.17, 15) is 9.59 Å². The number of hydrogen-bond donors (Lipinski definition) is 0. The fraction of sp³-hybridized carbons (Fsp3) is 0.250. The van der Waals surface area contributed by atoms with E-state index in [-0.39, 0.29) is 18.8 Å². The Morgan fingerprint density at radius 2 is 1.97 bits per heavy atom. The van der Waals surface area contributed by atoms with Crippen LogP contribution in [-0.2, 0) is 9.53 Å². The number of methoxy groups -OCH3 is 1. The number of halogens is 1. The molecule has 0 amide bonds. The molecule has 1 aliphatic heterocycles. The zero-order valence-electron chi connectivity index (χ0n) is 21.0. The third-order valence-electron chi connectivity index (χ3n) is 5.81. The molecule has 4 rings (SSSR count). The van der Waals surface area contributed by atoms with E-state index in [4.69, 9.17) is 14.2 Å². The third-order valence-corrected chi connectivity index (χ3v) is 7.42. The molecule has 0 N–H and O–H groups in total. The van der Waals surface area contributed by atoms with E-state index >= 15 is 0 Å². The second kappa shape index (κ2) is 11.5. The Balaban J connectivity index is 1.97. The number of hydrogen-bond acceptors (Lipinski definition) is 7. The number of thiazole rings is 1. The van der Waals surface area contributed by atoms with E-state index in [0.717, 1.165) is 14.7 Å². The van der Waals surface area contributed by atoms with Gasteiger partial charge in [0.25, 0.3) is 5.56 Å². The highest BCUT2D eigenvalue weighted by Crippen LogP contribution is 2.34. The van der Waals surface area contributed by atoms with Crippen LogP contribution in [0, 0.1) is 10.5 Å². The van der Waals surface area contributed by atoms with Gasteiger partial charge in [-0.15, -0.1) is 0 Å². The molecule has 9 heteroatoms. The van der Waals surface area contributed by atoms with E-state index in [1.807, 2.05) is 43.3 Å². The summed E-state index contributed by atoms with van der Waals surface area (Å²) in [6.45, 7) is 9.75. The van der Waals surface area contributed by atoms with Crippen molar-refractivity contribution in [2.45, 2.75) is 26.8 Å². The molecule has 3 aromatic rings. The van der Waals surface area contributed by atoms with Crippen molar-refractivity contribution in [1.29, 1.82) is 0 Å². The molecule has 37 heavy (non-hydrogen) atoms. The molecule has 1 atom stereocenters. The average Bonchev–Trinajstić information content (AvgIpc) is 3.17. The Kier molecular flexibility index (Phi) is 8.33. The molecule has 0 saturated heterocycles. The lowest BCUT2D eigenvalue weighted by Crippen LogP contribution is -2.39. The van der Waals surface area contributed by atoms with Gasteiger partial charge in [0, 0.05) is 9.13 Å². The smallest absolute Gasteiger partial charge is 0.338 e. The van der Waals surface area contributed by atoms with Crippen molar-refractivity contribution in [3.63, 3.8) is 0 Å². The van der Waals surface area contributed by atoms with Crippen molar-refractivity contribution in [3.8, 4) is 11.5 Å². The van der Waals surface area contributed by atoms with Gasteiger partial charge in [-0.3, -0.25) is 9.36 Å². The van der Waals surface area contributed by atoms with Gasteiger partial charge in [0.2, 0.25) is 0 Å². The van der Waals surface area contributed by atoms with E-state index in [1.165, 1.54) is 11.3 Å². The normalized spacial score (nSPS) is 15.2. The monoisotopic (exact) mass is 630 g/mol. The van der Waals surface area contributed by atoms with Crippen LogP contribution in [0.4, 0.5) is 0 Å². The number of esters is 1. The van der Waals surface area contributed by atoms with Crippen molar-refractivity contribution in [1.82, 2.24) is 4.57 Å². The van der Waals surface area contributed by atoms with Crippen LogP contribution in [0.3, 0.4) is 0 Å². The largest absolute Gasteiger partial charge is 0.493 e. The molecule has 0 aliphatic carbocycles. The molecular formula is C28H27IN2O5S. The number of rotatable bonds is 8. The van der Waals surface area contributed by atoms with Gasteiger partial charge in [-0.25, -0.2) is 9.79 Å². The van der Waals surface area contributed by atoms with Gasteiger partial charge in [0.1, 0.15) is 6.61 Å². The number of nitrogens with zero attached hydrogens (tertiary/aromatic N) is 2. The summed E-state index contributed by atoms with van der Waals surface area (Å²) in [5.41, 5.74) is 3.22. The van der Waals surface area contributed by atoms with E-state index < -0.39 is 12.0 Å². The highest BCUT2D eigenvalue weighted by molar-refractivity contribution is 14.1. The van der Waals surface area contributed by atoms with Crippen molar-refractivity contribution in [3.05, 3.63) is 100 Å². The zero-order chi connectivity index (χ0) is 26.7. The molecule has 2 aromatic carbocycles. The molecule has 0 bridgehead atoms. The Hall–Kier alpha value is -3.18. The standard InChI is InChI=1S/C28H27IN2O5S/c1-6-12-36-25-19(13-20(29)15-21(25)34-5)14-22-26(32)31-24(18-10-8-16(3)9-11-18)23(27(33)35-7-2)17(4)30-28(31)37-22/h6,8-11,13-15,24H,1,7,12H2,2-5H3/b22-14-/t24-/m1/s1. The van der Waals surface area contributed by atoms with Gasteiger partial charge in [-0.1, -0.05) is 53.8 Å². The molecule has 0 saturated carbocycles. The first-order valence-corrected chi connectivity index (χ1v) is 13.6. The van der Waals surface area contributed by atoms with Gasteiger partial charge >= 0.3 is 5.97 Å². The van der Waals surface area contributed by atoms with Crippen molar-refractivity contribution >= 4 is 46.0 Å².